The summed E-state index contributed by atoms with van der Waals surface area (Å²) in [4.78, 5) is 4.68. The first-order valence-corrected chi connectivity index (χ1v) is 9.27. The van der Waals surface area contributed by atoms with Crippen LogP contribution in [0.1, 0.15) is 53.4 Å². The molecule has 0 aliphatic heterocycles. The maximum absolute atomic E-state index is 4.68. The Kier molecular flexibility index (Phi) is 5.13. The summed E-state index contributed by atoms with van der Waals surface area (Å²) in [6.07, 6.45) is 1.98. The van der Waals surface area contributed by atoms with Gasteiger partial charge in [-0.25, -0.2) is 0 Å². The van der Waals surface area contributed by atoms with E-state index >= 15 is 0 Å². The van der Waals surface area contributed by atoms with Crippen LogP contribution in [0.2, 0.25) is 0 Å². The highest BCUT2D eigenvalue weighted by molar-refractivity contribution is 5.84. The van der Waals surface area contributed by atoms with Crippen LogP contribution in [0.25, 0.3) is 5.69 Å². The molecule has 0 saturated heterocycles. The van der Waals surface area contributed by atoms with Crippen molar-refractivity contribution in [2.45, 2.75) is 47.5 Å². The highest BCUT2D eigenvalue weighted by Gasteiger charge is 2.10. The predicted molar refractivity (Wildman–Crippen MR) is 113 cm³/mol. The van der Waals surface area contributed by atoms with Crippen molar-refractivity contribution < 1.29 is 0 Å². The zero-order chi connectivity index (χ0) is 18.8. The van der Waals surface area contributed by atoms with E-state index in [-0.39, 0.29) is 0 Å². The molecule has 1 aromatic heterocycles. The first-order valence-electron chi connectivity index (χ1n) is 9.27. The van der Waals surface area contributed by atoms with E-state index in [2.05, 4.69) is 99.6 Å². The Morgan fingerprint density at radius 2 is 1.46 bits per heavy atom. The zero-order valence-electron chi connectivity index (χ0n) is 16.7. The van der Waals surface area contributed by atoms with E-state index in [9.17, 15) is 0 Å². The number of hydrogen-bond acceptors (Lipinski definition) is 1. The van der Waals surface area contributed by atoms with Crippen molar-refractivity contribution in [3.63, 3.8) is 0 Å². The Bertz CT molecular complexity index is 921. The molecule has 3 aromatic rings. The van der Waals surface area contributed by atoms with Crippen LogP contribution in [0.4, 0.5) is 5.69 Å². The molecule has 134 valence electrons. The average Bonchev–Trinajstić information content (AvgIpc) is 2.86. The summed E-state index contributed by atoms with van der Waals surface area (Å²) in [5.74, 6) is 0.546. The molecule has 2 heteroatoms. The molecule has 0 aliphatic rings. The highest BCUT2D eigenvalue weighted by Crippen LogP contribution is 2.23. The summed E-state index contributed by atoms with van der Waals surface area (Å²) < 4.78 is 2.31. The van der Waals surface area contributed by atoms with Crippen LogP contribution in [-0.2, 0) is 0 Å². The van der Waals surface area contributed by atoms with Gasteiger partial charge in [0.1, 0.15) is 0 Å². The fourth-order valence-electron chi connectivity index (χ4n) is 3.48. The van der Waals surface area contributed by atoms with Gasteiger partial charge in [0.2, 0.25) is 0 Å². The first-order chi connectivity index (χ1) is 12.3. The molecule has 0 spiro atoms. The van der Waals surface area contributed by atoms with Crippen molar-refractivity contribution in [1.82, 2.24) is 4.57 Å². The lowest BCUT2D eigenvalue weighted by Gasteiger charge is -2.11. The maximum Gasteiger partial charge on any atom is 0.0630 e. The van der Waals surface area contributed by atoms with E-state index in [4.69, 9.17) is 0 Å². The van der Waals surface area contributed by atoms with Gasteiger partial charge in [0, 0.05) is 28.9 Å². The maximum atomic E-state index is 4.68. The third-order valence-electron chi connectivity index (χ3n) is 4.85. The van der Waals surface area contributed by atoms with Crippen molar-refractivity contribution in [2.75, 3.05) is 0 Å². The minimum atomic E-state index is 0.546. The highest BCUT2D eigenvalue weighted by atomic mass is 15.0. The summed E-state index contributed by atoms with van der Waals surface area (Å²) in [6, 6.07) is 17.4. The third kappa shape index (κ3) is 3.80. The Labute approximate surface area is 157 Å². The van der Waals surface area contributed by atoms with Crippen molar-refractivity contribution in [2.24, 2.45) is 4.99 Å². The average molecular weight is 345 g/mol. The molecule has 0 aliphatic carbocycles. The van der Waals surface area contributed by atoms with Crippen LogP contribution in [-0.4, -0.2) is 10.8 Å². The molecule has 26 heavy (non-hydrogen) atoms. The monoisotopic (exact) mass is 344 g/mol. The van der Waals surface area contributed by atoms with E-state index < -0.39 is 0 Å². The lowest BCUT2D eigenvalue weighted by atomic mass is 10.0. The van der Waals surface area contributed by atoms with Crippen molar-refractivity contribution in [1.29, 1.82) is 0 Å². The minimum absolute atomic E-state index is 0.546. The van der Waals surface area contributed by atoms with Gasteiger partial charge in [-0.15, -0.1) is 0 Å². The van der Waals surface area contributed by atoms with E-state index in [0.717, 1.165) is 11.3 Å². The molecule has 0 saturated carbocycles. The van der Waals surface area contributed by atoms with Gasteiger partial charge in [-0.2, -0.15) is 0 Å². The van der Waals surface area contributed by atoms with Crippen LogP contribution in [0, 0.1) is 27.7 Å². The number of aromatic nitrogens is 1. The Morgan fingerprint density at radius 1 is 0.846 bits per heavy atom. The second-order valence-electron chi connectivity index (χ2n) is 7.51. The van der Waals surface area contributed by atoms with Crippen LogP contribution in [0.3, 0.4) is 0 Å². The molecular weight excluding hydrogens is 316 g/mol. The van der Waals surface area contributed by atoms with E-state index in [1.807, 2.05) is 6.21 Å². The molecular formula is C24H28N2. The van der Waals surface area contributed by atoms with Gasteiger partial charge in [0.05, 0.1) is 5.69 Å². The molecule has 0 N–H and O–H groups in total. The number of rotatable bonds is 4. The van der Waals surface area contributed by atoms with Crippen LogP contribution < -0.4 is 0 Å². The molecule has 2 nitrogen and oxygen atoms in total. The molecule has 3 rings (SSSR count). The molecule has 0 amide bonds. The normalized spacial score (nSPS) is 11.7. The first kappa shape index (κ1) is 18.2. The summed E-state index contributed by atoms with van der Waals surface area (Å²) in [5, 5.41) is 0. The SMILES string of the molecule is Cc1cc(C)cc(-n2c(C)cc(C=Nc3ccc(C(C)C)cc3)c2C)c1. The third-order valence-corrected chi connectivity index (χ3v) is 4.85. The van der Waals surface area contributed by atoms with Crippen molar-refractivity contribution in [3.05, 3.63) is 82.2 Å². The Hall–Kier alpha value is -2.61. The summed E-state index contributed by atoms with van der Waals surface area (Å²) in [5.41, 5.74) is 9.73. The number of nitrogens with zero attached hydrogens (tertiary/aromatic N) is 2. The standard InChI is InChI=1S/C24H28N2/c1-16(2)21-7-9-23(10-8-21)25-15-22-14-19(5)26(20(22)6)24-12-17(3)11-18(4)13-24/h7-16H,1-6H3. The molecule has 0 atom stereocenters. The van der Waals surface area contributed by atoms with Gasteiger partial charge in [-0.05, 0) is 80.6 Å². The number of benzene rings is 2. The molecule has 1 heterocycles. The van der Waals surface area contributed by atoms with Gasteiger partial charge in [-0.1, -0.05) is 32.0 Å². The topological polar surface area (TPSA) is 17.3 Å². The summed E-state index contributed by atoms with van der Waals surface area (Å²) >= 11 is 0. The Balaban J connectivity index is 1.92. The molecule has 2 aromatic carbocycles. The smallest absolute Gasteiger partial charge is 0.0630 e. The van der Waals surface area contributed by atoms with Crippen molar-refractivity contribution >= 4 is 11.9 Å². The van der Waals surface area contributed by atoms with Crippen LogP contribution in [0.5, 0.6) is 0 Å². The largest absolute Gasteiger partial charge is 0.318 e. The van der Waals surface area contributed by atoms with E-state index in [1.54, 1.807) is 0 Å². The minimum Gasteiger partial charge on any atom is -0.318 e. The Morgan fingerprint density at radius 3 is 2.04 bits per heavy atom. The molecule has 0 bridgehead atoms. The van der Waals surface area contributed by atoms with Gasteiger partial charge < -0.3 is 4.57 Å². The lowest BCUT2D eigenvalue weighted by Crippen LogP contribution is -2.00. The number of hydrogen-bond donors (Lipinski definition) is 0. The molecule has 0 fully saturated rings. The summed E-state index contributed by atoms with van der Waals surface area (Å²) in [7, 11) is 0. The predicted octanol–water partition coefficient (Wildman–Crippen LogP) is 6.58. The molecule has 0 radical (unpaired) electrons. The van der Waals surface area contributed by atoms with Gasteiger partial charge in [0.25, 0.3) is 0 Å². The zero-order valence-corrected chi connectivity index (χ0v) is 16.7. The van der Waals surface area contributed by atoms with E-state index in [0.29, 0.717) is 5.92 Å². The van der Waals surface area contributed by atoms with Gasteiger partial charge in [0.15, 0.2) is 0 Å². The van der Waals surface area contributed by atoms with Gasteiger partial charge >= 0.3 is 0 Å². The fourth-order valence-corrected chi connectivity index (χ4v) is 3.48. The summed E-state index contributed by atoms with van der Waals surface area (Å²) in [6.45, 7) is 13.0. The van der Waals surface area contributed by atoms with Crippen LogP contribution in [0.15, 0.2) is 53.5 Å². The van der Waals surface area contributed by atoms with E-state index in [1.165, 1.54) is 33.8 Å². The van der Waals surface area contributed by atoms with Crippen LogP contribution >= 0.6 is 0 Å². The second-order valence-corrected chi connectivity index (χ2v) is 7.51. The lowest BCUT2D eigenvalue weighted by molar-refractivity contribution is 0.867. The second kappa shape index (κ2) is 7.33. The number of aliphatic imine (C=N–C) groups is 1. The van der Waals surface area contributed by atoms with Crippen molar-refractivity contribution in [3.8, 4) is 5.69 Å². The fraction of sp³-hybridized carbons (Fsp3) is 0.292. The quantitative estimate of drug-likeness (QED) is 0.475. The number of aryl methyl sites for hydroxylation is 3. The van der Waals surface area contributed by atoms with Gasteiger partial charge in [-0.3, -0.25) is 4.99 Å². The molecule has 0 unspecified atom stereocenters.